The summed E-state index contributed by atoms with van der Waals surface area (Å²) in [7, 11) is 0. The fourth-order valence-electron chi connectivity index (χ4n) is 0.877. The Bertz CT molecular complexity index is 320. The van der Waals surface area contributed by atoms with Crippen LogP contribution < -0.4 is 4.74 Å². The highest BCUT2D eigenvalue weighted by Gasteiger charge is 2.05. The van der Waals surface area contributed by atoms with Gasteiger partial charge in [0, 0.05) is 11.1 Å². The standard InChI is InChI=1S/C9H8ClF3O2/c10-6-1-2-7(11)8(5-6)14-3-4-15-9(12)13/h1-2,5,9H,3-4H2. The number of halogens is 4. The number of benzene rings is 1. The van der Waals surface area contributed by atoms with Gasteiger partial charge in [0.2, 0.25) is 0 Å². The average molecular weight is 241 g/mol. The highest BCUT2D eigenvalue weighted by Crippen LogP contribution is 2.21. The van der Waals surface area contributed by atoms with Gasteiger partial charge in [-0.25, -0.2) is 4.39 Å². The first kappa shape index (κ1) is 12.1. The van der Waals surface area contributed by atoms with Gasteiger partial charge >= 0.3 is 6.61 Å². The molecular formula is C9H8ClF3O2. The predicted molar refractivity (Wildman–Crippen MR) is 48.9 cm³/mol. The lowest BCUT2D eigenvalue weighted by atomic mass is 10.3. The molecule has 0 aliphatic rings. The number of alkyl halides is 2. The molecule has 6 heteroatoms. The van der Waals surface area contributed by atoms with Crippen molar-refractivity contribution in [2.24, 2.45) is 0 Å². The Morgan fingerprint density at radius 2 is 2.00 bits per heavy atom. The number of ether oxygens (including phenoxy) is 2. The molecule has 0 radical (unpaired) electrons. The van der Waals surface area contributed by atoms with Gasteiger partial charge in [-0.05, 0) is 12.1 Å². The van der Waals surface area contributed by atoms with Crippen LogP contribution >= 0.6 is 11.6 Å². The second-order valence-electron chi connectivity index (χ2n) is 2.55. The smallest absolute Gasteiger partial charge is 0.345 e. The van der Waals surface area contributed by atoms with Gasteiger partial charge in [-0.3, -0.25) is 0 Å². The van der Waals surface area contributed by atoms with Gasteiger partial charge in [-0.15, -0.1) is 0 Å². The van der Waals surface area contributed by atoms with Crippen molar-refractivity contribution in [2.45, 2.75) is 6.61 Å². The molecule has 0 unspecified atom stereocenters. The van der Waals surface area contributed by atoms with Gasteiger partial charge in [-0.2, -0.15) is 8.78 Å². The summed E-state index contributed by atoms with van der Waals surface area (Å²) in [6.45, 7) is -3.33. The van der Waals surface area contributed by atoms with Crippen molar-refractivity contribution < 1.29 is 22.6 Å². The Kier molecular flexibility index (Phi) is 4.71. The van der Waals surface area contributed by atoms with Crippen molar-refractivity contribution in [3.05, 3.63) is 29.0 Å². The molecule has 0 atom stereocenters. The zero-order chi connectivity index (χ0) is 11.3. The first-order valence-electron chi connectivity index (χ1n) is 4.07. The summed E-state index contributed by atoms with van der Waals surface area (Å²) in [6.07, 6.45) is 0. The molecule has 0 fully saturated rings. The molecular weight excluding hydrogens is 233 g/mol. The summed E-state index contributed by atoms with van der Waals surface area (Å²) in [6, 6.07) is 3.75. The van der Waals surface area contributed by atoms with Crippen molar-refractivity contribution in [1.29, 1.82) is 0 Å². The van der Waals surface area contributed by atoms with Crippen molar-refractivity contribution in [1.82, 2.24) is 0 Å². The third kappa shape index (κ3) is 4.40. The van der Waals surface area contributed by atoms with Gasteiger partial charge in [-0.1, -0.05) is 11.6 Å². The number of hydrogen-bond donors (Lipinski definition) is 0. The third-order valence-electron chi connectivity index (χ3n) is 1.48. The van der Waals surface area contributed by atoms with Gasteiger partial charge in [0.1, 0.15) is 6.61 Å². The summed E-state index contributed by atoms with van der Waals surface area (Å²) < 4.78 is 44.8. The normalized spacial score (nSPS) is 10.7. The summed E-state index contributed by atoms with van der Waals surface area (Å²) in [4.78, 5) is 0. The molecule has 0 aliphatic heterocycles. The van der Waals surface area contributed by atoms with Crippen molar-refractivity contribution in [2.75, 3.05) is 13.2 Å². The van der Waals surface area contributed by atoms with Crippen LogP contribution in [0, 0.1) is 5.82 Å². The topological polar surface area (TPSA) is 18.5 Å². The lowest BCUT2D eigenvalue weighted by Gasteiger charge is -2.07. The van der Waals surface area contributed by atoms with E-state index in [9.17, 15) is 13.2 Å². The number of hydrogen-bond acceptors (Lipinski definition) is 2. The molecule has 0 aromatic heterocycles. The van der Waals surface area contributed by atoms with Crippen molar-refractivity contribution in [3.63, 3.8) is 0 Å². The largest absolute Gasteiger partial charge is 0.488 e. The number of rotatable bonds is 5. The van der Waals surface area contributed by atoms with E-state index in [-0.39, 0.29) is 19.0 Å². The molecule has 15 heavy (non-hydrogen) atoms. The van der Waals surface area contributed by atoms with Gasteiger partial charge in [0.15, 0.2) is 11.6 Å². The highest BCUT2D eigenvalue weighted by atomic mass is 35.5. The predicted octanol–water partition coefficient (Wildman–Crippen LogP) is 3.10. The minimum Gasteiger partial charge on any atom is -0.488 e. The van der Waals surface area contributed by atoms with Crippen LogP contribution in [0.2, 0.25) is 5.02 Å². The maximum absolute atomic E-state index is 13.0. The molecule has 1 aromatic rings. The van der Waals surface area contributed by atoms with E-state index in [2.05, 4.69) is 4.74 Å². The van der Waals surface area contributed by atoms with E-state index >= 15 is 0 Å². The molecule has 0 heterocycles. The van der Waals surface area contributed by atoms with Crippen molar-refractivity contribution >= 4 is 11.6 Å². The highest BCUT2D eigenvalue weighted by molar-refractivity contribution is 6.30. The van der Waals surface area contributed by atoms with Crippen LogP contribution in [-0.4, -0.2) is 19.8 Å². The van der Waals surface area contributed by atoms with E-state index in [4.69, 9.17) is 16.3 Å². The van der Waals surface area contributed by atoms with Gasteiger partial charge < -0.3 is 9.47 Å². The van der Waals surface area contributed by atoms with E-state index < -0.39 is 12.4 Å². The second kappa shape index (κ2) is 5.82. The van der Waals surface area contributed by atoms with Crippen LogP contribution in [0.1, 0.15) is 0 Å². The van der Waals surface area contributed by atoms with Crippen molar-refractivity contribution in [3.8, 4) is 5.75 Å². The molecule has 0 bridgehead atoms. The molecule has 0 aliphatic carbocycles. The fourth-order valence-corrected chi connectivity index (χ4v) is 1.04. The summed E-state index contributed by atoms with van der Waals surface area (Å²) >= 11 is 5.58. The summed E-state index contributed by atoms with van der Waals surface area (Å²) in [5, 5.41) is 0.307. The minimum atomic E-state index is -2.85. The molecule has 0 amide bonds. The van der Waals surface area contributed by atoms with Crippen LogP contribution in [0.15, 0.2) is 18.2 Å². The molecule has 0 saturated carbocycles. The Morgan fingerprint density at radius 1 is 1.27 bits per heavy atom. The van der Waals surface area contributed by atoms with Crippen LogP contribution in [0.25, 0.3) is 0 Å². The maximum atomic E-state index is 13.0. The quantitative estimate of drug-likeness (QED) is 0.737. The zero-order valence-electron chi connectivity index (χ0n) is 7.55. The van der Waals surface area contributed by atoms with E-state index in [1.54, 1.807) is 0 Å². The summed E-state index contributed by atoms with van der Waals surface area (Å²) in [5.41, 5.74) is 0. The molecule has 0 spiro atoms. The first-order valence-corrected chi connectivity index (χ1v) is 4.45. The lowest BCUT2D eigenvalue weighted by Crippen LogP contribution is -2.10. The Hall–Kier alpha value is -0.940. The van der Waals surface area contributed by atoms with E-state index in [0.717, 1.165) is 6.07 Å². The molecule has 2 nitrogen and oxygen atoms in total. The Morgan fingerprint density at radius 3 is 2.67 bits per heavy atom. The van der Waals surface area contributed by atoms with E-state index in [0.29, 0.717) is 5.02 Å². The van der Waals surface area contributed by atoms with Crippen LogP contribution in [0.4, 0.5) is 13.2 Å². The average Bonchev–Trinajstić information content (AvgIpc) is 2.17. The first-order chi connectivity index (χ1) is 7.09. The maximum Gasteiger partial charge on any atom is 0.345 e. The minimum absolute atomic E-state index is 0.0830. The van der Waals surface area contributed by atoms with Crippen LogP contribution in [0.3, 0.4) is 0 Å². The Balaban J connectivity index is 2.40. The van der Waals surface area contributed by atoms with Gasteiger partial charge in [0.25, 0.3) is 0 Å². The Labute approximate surface area is 89.6 Å². The van der Waals surface area contributed by atoms with Gasteiger partial charge in [0.05, 0.1) is 6.61 Å². The molecule has 1 rings (SSSR count). The monoisotopic (exact) mass is 240 g/mol. The molecule has 0 N–H and O–H groups in total. The van der Waals surface area contributed by atoms with E-state index in [1.807, 2.05) is 0 Å². The second-order valence-corrected chi connectivity index (χ2v) is 2.99. The van der Waals surface area contributed by atoms with Crippen LogP contribution in [0.5, 0.6) is 5.75 Å². The lowest BCUT2D eigenvalue weighted by molar-refractivity contribution is -0.133. The summed E-state index contributed by atoms with van der Waals surface area (Å²) in [5.74, 6) is -0.684. The third-order valence-corrected chi connectivity index (χ3v) is 1.71. The molecule has 0 saturated heterocycles. The SMILES string of the molecule is Fc1ccc(Cl)cc1OCCOC(F)F. The van der Waals surface area contributed by atoms with Crippen LogP contribution in [-0.2, 0) is 4.74 Å². The molecule has 84 valence electrons. The fraction of sp³-hybridized carbons (Fsp3) is 0.333. The zero-order valence-corrected chi connectivity index (χ0v) is 8.31. The molecule has 1 aromatic carbocycles. The van der Waals surface area contributed by atoms with E-state index in [1.165, 1.54) is 12.1 Å².